The highest BCUT2D eigenvalue weighted by atomic mass is 19.3. The van der Waals surface area contributed by atoms with Gasteiger partial charge < -0.3 is 24.8 Å². The van der Waals surface area contributed by atoms with Crippen molar-refractivity contribution in [2.24, 2.45) is 4.99 Å². The smallest absolute Gasteiger partial charge is 0.387 e. The molecular weight excluding hydrogens is 356 g/mol. The summed E-state index contributed by atoms with van der Waals surface area (Å²) < 4.78 is 41.2. The van der Waals surface area contributed by atoms with Crippen molar-refractivity contribution in [2.75, 3.05) is 26.8 Å². The lowest BCUT2D eigenvalue weighted by molar-refractivity contribution is -0.0505. The minimum atomic E-state index is -2.89. The standard InChI is InChI=1S/C19H29F2N3O3/c1-3-10-25-16-7-6-14(17(12-16)27-18(20)21)13-24-19(22-2)23-9-8-15-5-4-11-26-15/h6-7,12,15,18H,3-5,8-11,13H2,1-2H3,(H2,22,23,24). The highest BCUT2D eigenvalue weighted by molar-refractivity contribution is 5.79. The molecular formula is C19H29F2N3O3. The van der Waals surface area contributed by atoms with Gasteiger partial charge in [-0.2, -0.15) is 8.78 Å². The van der Waals surface area contributed by atoms with E-state index in [1.807, 2.05) is 6.92 Å². The summed E-state index contributed by atoms with van der Waals surface area (Å²) in [5.41, 5.74) is 0.598. The first-order chi connectivity index (χ1) is 13.1. The van der Waals surface area contributed by atoms with E-state index in [2.05, 4.69) is 20.4 Å². The first-order valence-corrected chi connectivity index (χ1v) is 9.39. The fourth-order valence-electron chi connectivity index (χ4n) is 2.82. The summed E-state index contributed by atoms with van der Waals surface area (Å²) in [6.45, 7) is 1.47. The van der Waals surface area contributed by atoms with Crippen molar-refractivity contribution < 1.29 is 23.0 Å². The molecule has 2 rings (SSSR count). The normalized spacial score (nSPS) is 17.2. The zero-order valence-electron chi connectivity index (χ0n) is 16.0. The van der Waals surface area contributed by atoms with Crippen molar-refractivity contribution in [1.29, 1.82) is 0 Å². The molecule has 0 radical (unpaired) electrons. The third-order valence-corrected chi connectivity index (χ3v) is 4.18. The Labute approximate surface area is 159 Å². The molecule has 6 nitrogen and oxygen atoms in total. The van der Waals surface area contributed by atoms with Gasteiger partial charge in [-0.1, -0.05) is 6.92 Å². The van der Waals surface area contributed by atoms with Gasteiger partial charge in [-0.3, -0.25) is 4.99 Å². The Kier molecular flexibility index (Phi) is 9.10. The molecule has 0 aromatic heterocycles. The third-order valence-electron chi connectivity index (χ3n) is 4.18. The Morgan fingerprint density at radius 1 is 1.37 bits per heavy atom. The molecule has 27 heavy (non-hydrogen) atoms. The monoisotopic (exact) mass is 385 g/mol. The zero-order chi connectivity index (χ0) is 19.5. The molecule has 1 aromatic rings. The van der Waals surface area contributed by atoms with E-state index in [1.165, 1.54) is 6.07 Å². The fourth-order valence-corrected chi connectivity index (χ4v) is 2.82. The summed E-state index contributed by atoms with van der Waals surface area (Å²) in [4.78, 5) is 4.16. The first kappa shape index (κ1) is 21.2. The fraction of sp³-hybridized carbons (Fsp3) is 0.632. The topological polar surface area (TPSA) is 64.1 Å². The van der Waals surface area contributed by atoms with Gasteiger partial charge in [0.15, 0.2) is 5.96 Å². The molecule has 8 heteroatoms. The number of aliphatic imine (C=N–C) groups is 1. The van der Waals surface area contributed by atoms with Gasteiger partial charge in [0.2, 0.25) is 0 Å². The predicted octanol–water partition coefficient (Wildman–Crippen LogP) is 3.31. The number of ether oxygens (including phenoxy) is 3. The minimum Gasteiger partial charge on any atom is -0.493 e. The van der Waals surface area contributed by atoms with Crippen LogP contribution in [-0.2, 0) is 11.3 Å². The van der Waals surface area contributed by atoms with Crippen molar-refractivity contribution >= 4 is 5.96 Å². The number of nitrogens with zero attached hydrogens (tertiary/aromatic N) is 1. The van der Waals surface area contributed by atoms with Gasteiger partial charge in [0.05, 0.1) is 12.7 Å². The van der Waals surface area contributed by atoms with Crippen LogP contribution in [-0.4, -0.2) is 45.5 Å². The molecule has 1 heterocycles. The van der Waals surface area contributed by atoms with E-state index >= 15 is 0 Å². The number of benzene rings is 1. The summed E-state index contributed by atoms with van der Waals surface area (Å²) in [5.74, 6) is 1.21. The summed E-state index contributed by atoms with van der Waals surface area (Å²) in [5, 5.41) is 6.33. The summed E-state index contributed by atoms with van der Waals surface area (Å²) in [6.07, 6.45) is 4.25. The van der Waals surface area contributed by atoms with Gasteiger partial charge in [-0.05, 0) is 37.8 Å². The molecule has 0 amide bonds. The number of alkyl halides is 2. The maximum absolute atomic E-state index is 12.7. The number of hydrogen-bond donors (Lipinski definition) is 2. The van der Waals surface area contributed by atoms with E-state index in [-0.39, 0.29) is 5.75 Å². The molecule has 1 fully saturated rings. The average Bonchev–Trinajstić information content (AvgIpc) is 3.16. The summed E-state index contributed by atoms with van der Waals surface area (Å²) >= 11 is 0. The van der Waals surface area contributed by atoms with Crippen molar-refractivity contribution in [2.45, 2.75) is 51.9 Å². The molecule has 1 atom stereocenters. The van der Waals surface area contributed by atoms with Gasteiger partial charge in [-0.25, -0.2) is 0 Å². The van der Waals surface area contributed by atoms with Crippen LogP contribution in [0.3, 0.4) is 0 Å². The van der Waals surface area contributed by atoms with Crippen molar-refractivity contribution in [3.8, 4) is 11.5 Å². The zero-order valence-corrected chi connectivity index (χ0v) is 16.0. The molecule has 1 aliphatic rings. The molecule has 1 aliphatic heterocycles. The maximum Gasteiger partial charge on any atom is 0.387 e. The number of guanidine groups is 1. The third kappa shape index (κ3) is 7.58. The van der Waals surface area contributed by atoms with E-state index in [1.54, 1.807) is 19.2 Å². The Balaban J connectivity index is 1.89. The molecule has 1 aromatic carbocycles. The molecule has 1 saturated heterocycles. The van der Waals surface area contributed by atoms with Crippen molar-refractivity contribution in [3.05, 3.63) is 23.8 Å². The van der Waals surface area contributed by atoms with Crippen LogP contribution in [0.25, 0.3) is 0 Å². The van der Waals surface area contributed by atoms with Crippen LogP contribution in [0.2, 0.25) is 0 Å². The molecule has 1 unspecified atom stereocenters. The van der Waals surface area contributed by atoms with E-state index in [9.17, 15) is 8.78 Å². The van der Waals surface area contributed by atoms with E-state index in [4.69, 9.17) is 9.47 Å². The van der Waals surface area contributed by atoms with Crippen LogP contribution >= 0.6 is 0 Å². The Morgan fingerprint density at radius 2 is 2.22 bits per heavy atom. The van der Waals surface area contributed by atoms with Crippen LogP contribution in [0.1, 0.15) is 38.2 Å². The molecule has 2 N–H and O–H groups in total. The molecule has 0 bridgehead atoms. The molecule has 0 spiro atoms. The van der Waals surface area contributed by atoms with Crippen LogP contribution in [0.5, 0.6) is 11.5 Å². The largest absolute Gasteiger partial charge is 0.493 e. The predicted molar refractivity (Wildman–Crippen MR) is 101 cm³/mol. The van der Waals surface area contributed by atoms with Crippen molar-refractivity contribution in [3.63, 3.8) is 0 Å². The number of hydrogen-bond acceptors (Lipinski definition) is 4. The second-order valence-corrected chi connectivity index (χ2v) is 6.27. The lowest BCUT2D eigenvalue weighted by Gasteiger charge is -2.16. The molecule has 152 valence electrons. The lowest BCUT2D eigenvalue weighted by atomic mass is 10.2. The second-order valence-electron chi connectivity index (χ2n) is 6.27. The summed E-state index contributed by atoms with van der Waals surface area (Å²) in [7, 11) is 1.67. The Hall–Kier alpha value is -2.09. The van der Waals surface area contributed by atoms with Gasteiger partial charge in [0, 0.05) is 38.4 Å². The average molecular weight is 385 g/mol. The quantitative estimate of drug-likeness (QED) is 0.478. The Bertz CT molecular complexity index is 594. The van der Waals surface area contributed by atoms with E-state index in [0.29, 0.717) is 36.5 Å². The first-order valence-electron chi connectivity index (χ1n) is 9.39. The molecule has 0 saturated carbocycles. The van der Waals surface area contributed by atoms with Gasteiger partial charge in [0.1, 0.15) is 11.5 Å². The van der Waals surface area contributed by atoms with Crippen LogP contribution in [0, 0.1) is 0 Å². The van der Waals surface area contributed by atoms with Crippen molar-refractivity contribution in [1.82, 2.24) is 10.6 Å². The Morgan fingerprint density at radius 3 is 2.89 bits per heavy atom. The number of halogens is 2. The maximum atomic E-state index is 12.7. The van der Waals surface area contributed by atoms with Gasteiger partial charge >= 0.3 is 6.61 Å². The van der Waals surface area contributed by atoms with Crippen LogP contribution in [0.15, 0.2) is 23.2 Å². The highest BCUT2D eigenvalue weighted by Crippen LogP contribution is 2.26. The lowest BCUT2D eigenvalue weighted by Crippen LogP contribution is -2.38. The minimum absolute atomic E-state index is 0.0981. The van der Waals surface area contributed by atoms with Crippen LogP contribution < -0.4 is 20.1 Å². The number of rotatable bonds is 10. The SMILES string of the molecule is CCCOc1ccc(CNC(=NC)NCCC2CCCO2)c(OC(F)F)c1. The number of nitrogens with one attached hydrogen (secondary N) is 2. The van der Waals surface area contributed by atoms with Gasteiger partial charge in [0.25, 0.3) is 0 Å². The second kappa shape index (κ2) is 11.6. The summed E-state index contributed by atoms with van der Waals surface area (Å²) in [6, 6.07) is 4.96. The highest BCUT2D eigenvalue weighted by Gasteiger charge is 2.15. The van der Waals surface area contributed by atoms with Gasteiger partial charge in [-0.15, -0.1) is 0 Å². The van der Waals surface area contributed by atoms with Crippen LogP contribution in [0.4, 0.5) is 8.78 Å². The molecule has 0 aliphatic carbocycles. The van der Waals surface area contributed by atoms with E-state index < -0.39 is 6.61 Å². The van der Waals surface area contributed by atoms with E-state index in [0.717, 1.165) is 38.8 Å².